The van der Waals surface area contributed by atoms with Gasteiger partial charge in [0.2, 0.25) is 35.4 Å². The van der Waals surface area contributed by atoms with Gasteiger partial charge in [0, 0.05) is 43.2 Å². The summed E-state index contributed by atoms with van der Waals surface area (Å²) >= 11 is 1.54. The van der Waals surface area contributed by atoms with E-state index in [9.17, 15) is 38.7 Å². The summed E-state index contributed by atoms with van der Waals surface area (Å²) in [5.41, 5.74) is 3.97. The Bertz CT molecular complexity index is 2290. The van der Waals surface area contributed by atoms with E-state index in [4.69, 9.17) is 0 Å². The highest BCUT2D eigenvalue weighted by Gasteiger charge is 2.36. The first kappa shape index (κ1) is 47.7. The van der Waals surface area contributed by atoms with Gasteiger partial charge >= 0.3 is 5.97 Å². The number of benzene rings is 4. The third-order valence-corrected chi connectivity index (χ3v) is 12.5. The van der Waals surface area contributed by atoms with Crippen molar-refractivity contribution in [1.29, 1.82) is 0 Å². The summed E-state index contributed by atoms with van der Waals surface area (Å²) in [6.07, 6.45) is 4.28. The number of para-hydroxylation sites is 1. The predicted octanol–water partition coefficient (Wildman–Crippen LogP) is 5.39. The number of nitrogens with one attached hydrogen (secondary N) is 5. The molecule has 6 amide bonds. The van der Waals surface area contributed by atoms with Crippen LogP contribution in [-0.4, -0.2) is 93.4 Å². The van der Waals surface area contributed by atoms with Crippen LogP contribution in [0.25, 0.3) is 11.1 Å². The Balaban J connectivity index is 1.22. The molecular weight excluding hydrogens is 845 g/mol. The second-order valence-electron chi connectivity index (χ2n) is 16.3. The number of carbonyl (C=O) groups excluding carboxylic acids is 6. The van der Waals surface area contributed by atoms with Crippen LogP contribution in [-0.2, 0) is 46.4 Å². The summed E-state index contributed by atoms with van der Waals surface area (Å²) in [7, 11) is 0. The number of nitrogens with zero attached hydrogens (tertiary/aromatic N) is 1. The zero-order chi connectivity index (χ0) is 46.1. The van der Waals surface area contributed by atoms with E-state index < -0.39 is 65.7 Å². The highest BCUT2D eigenvalue weighted by molar-refractivity contribution is 8.03. The second-order valence-corrected chi connectivity index (χ2v) is 17.5. The van der Waals surface area contributed by atoms with Crippen molar-refractivity contribution in [3.63, 3.8) is 0 Å². The smallest absolute Gasteiger partial charge is 0.326 e. The number of carboxylic acid groups (broad SMARTS) is 1. The van der Waals surface area contributed by atoms with E-state index in [1.54, 1.807) is 48.5 Å². The Hall–Kier alpha value is -6.74. The van der Waals surface area contributed by atoms with Crippen LogP contribution in [0.2, 0.25) is 0 Å². The molecule has 65 heavy (non-hydrogen) atoms. The fraction of sp³-hybridized carbons (Fsp3) is 0.340. The van der Waals surface area contributed by atoms with Gasteiger partial charge in [-0.2, -0.15) is 0 Å². The van der Waals surface area contributed by atoms with E-state index in [1.807, 2.05) is 78.2 Å². The average Bonchev–Trinajstić information content (AvgIpc) is 3.84. The molecule has 4 aromatic carbocycles. The maximum atomic E-state index is 14.6. The molecule has 340 valence electrons. The van der Waals surface area contributed by atoms with Crippen molar-refractivity contribution in [3.8, 4) is 11.1 Å². The number of carbonyl (C=O) groups is 7. The summed E-state index contributed by atoms with van der Waals surface area (Å²) in [5.74, 6) is -4.48. The van der Waals surface area contributed by atoms with Crippen LogP contribution in [0, 0.1) is 0 Å². The van der Waals surface area contributed by atoms with Crippen molar-refractivity contribution < 1.29 is 38.7 Å². The third-order valence-electron chi connectivity index (χ3n) is 11.4. The molecule has 15 heteroatoms. The van der Waals surface area contributed by atoms with Crippen LogP contribution in [0.1, 0.15) is 63.0 Å². The number of hydrogen-bond acceptors (Lipinski definition) is 8. The lowest BCUT2D eigenvalue weighted by molar-refractivity contribution is -0.153. The van der Waals surface area contributed by atoms with E-state index in [0.717, 1.165) is 11.1 Å². The van der Waals surface area contributed by atoms with E-state index in [-0.39, 0.29) is 49.8 Å². The monoisotopic (exact) mass is 900 g/mol. The van der Waals surface area contributed by atoms with Gasteiger partial charge in [-0.15, -0.1) is 11.8 Å². The summed E-state index contributed by atoms with van der Waals surface area (Å²) in [5, 5.41) is 25.8. The van der Waals surface area contributed by atoms with Crippen LogP contribution in [0.15, 0.2) is 127 Å². The molecule has 6 N–H and O–H groups in total. The third kappa shape index (κ3) is 14.4. The fourth-order valence-corrected chi connectivity index (χ4v) is 8.87. The topological polar surface area (TPSA) is 203 Å². The molecule has 0 aromatic heterocycles. The lowest BCUT2D eigenvalue weighted by Crippen LogP contribution is -2.60. The van der Waals surface area contributed by atoms with E-state index in [1.165, 1.54) is 23.6 Å². The van der Waals surface area contributed by atoms with Gasteiger partial charge in [0.25, 0.3) is 0 Å². The van der Waals surface area contributed by atoms with Gasteiger partial charge in [0.15, 0.2) is 0 Å². The van der Waals surface area contributed by atoms with Gasteiger partial charge in [-0.25, -0.2) is 4.79 Å². The normalized spacial score (nSPS) is 17.4. The van der Waals surface area contributed by atoms with Gasteiger partial charge in [0.1, 0.15) is 30.2 Å². The number of carboxylic acids is 1. The second kappa shape index (κ2) is 23.8. The molecule has 4 aromatic rings. The van der Waals surface area contributed by atoms with Crippen molar-refractivity contribution >= 4 is 58.9 Å². The zero-order valence-electron chi connectivity index (χ0n) is 36.3. The summed E-state index contributed by atoms with van der Waals surface area (Å²) < 4.78 is 0. The molecule has 14 nitrogen and oxygen atoms in total. The molecule has 1 fully saturated rings. The Morgan fingerprint density at radius 3 is 1.82 bits per heavy atom. The molecule has 0 aliphatic carbocycles. The number of likely N-dealkylation sites (tertiary alicyclic amines) is 1. The van der Waals surface area contributed by atoms with E-state index in [0.29, 0.717) is 42.5 Å². The summed E-state index contributed by atoms with van der Waals surface area (Å²) in [6.45, 7) is 1.73. The van der Waals surface area contributed by atoms with Crippen molar-refractivity contribution in [3.05, 3.63) is 138 Å². The molecular formula is C50H56N6O8S. The SMILES string of the molecule is C[C@H](NC(=O)[C@@H](Cc1ccccc1)NC(=O)[C@H](Cc1ccc(-c2ccccc2)cc1)NC(=O)[C@@H](CC1CC=CS1)NC(=O)CCC(=O)Nc1ccccc1)C(=O)N1CCCC[C@@H]1C(=O)O. The molecule has 6 atom stereocenters. The van der Waals surface area contributed by atoms with Crippen LogP contribution in [0.4, 0.5) is 5.69 Å². The van der Waals surface area contributed by atoms with Crippen LogP contribution >= 0.6 is 11.8 Å². The first-order chi connectivity index (χ1) is 31.4. The lowest BCUT2D eigenvalue weighted by Gasteiger charge is -2.35. The Labute approximate surface area is 383 Å². The van der Waals surface area contributed by atoms with Gasteiger partial charge in [-0.05, 0) is 78.8 Å². The first-order valence-electron chi connectivity index (χ1n) is 22.0. The number of hydrogen-bond donors (Lipinski definition) is 6. The largest absolute Gasteiger partial charge is 0.480 e. The number of anilines is 1. The molecule has 2 aliphatic heterocycles. The van der Waals surface area contributed by atoms with Crippen LogP contribution in [0.3, 0.4) is 0 Å². The molecule has 0 spiro atoms. The molecule has 2 aliphatic rings. The van der Waals surface area contributed by atoms with Gasteiger partial charge < -0.3 is 36.6 Å². The van der Waals surface area contributed by atoms with Crippen LogP contribution in [0.5, 0.6) is 0 Å². The maximum absolute atomic E-state index is 14.6. The summed E-state index contributed by atoms with van der Waals surface area (Å²) in [6, 6.07) is 29.6. The maximum Gasteiger partial charge on any atom is 0.326 e. The highest BCUT2D eigenvalue weighted by atomic mass is 32.2. The fourth-order valence-electron chi connectivity index (χ4n) is 7.90. The van der Waals surface area contributed by atoms with Crippen molar-refractivity contribution in [2.24, 2.45) is 0 Å². The van der Waals surface area contributed by atoms with Crippen molar-refractivity contribution in [2.45, 2.75) is 100 Å². The Morgan fingerprint density at radius 1 is 0.646 bits per heavy atom. The molecule has 0 radical (unpaired) electrons. The quantitative estimate of drug-likeness (QED) is 0.0673. The average molecular weight is 901 g/mol. The van der Waals surface area contributed by atoms with Gasteiger partial charge in [-0.1, -0.05) is 109 Å². The van der Waals surface area contributed by atoms with E-state index >= 15 is 0 Å². The van der Waals surface area contributed by atoms with E-state index in [2.05, 4.69) is 26.6 Å². The number of rotatable bonds is 20. The Morgan fingerprint density at radius 2 is 1.20 bits per heavy atom. The minimum atomic E-state index is -1.23. The number of amides is 6. The van der Waals surface area contributed by atoms with Crippen molar-refractivity contribution in [2.75, 3.05) is 11.9 Å². The lowest BCUT2D eigenvalue weighted by atomic mass is 9.99. The number of piperidine rings is 1. The molecule has 6 rings (SSSR count). The molecule has 0 bridgehead atoms. The molecule has 2 heterocycles. The number of aliphatic carboxylic acids is 1. The number of thioether (sulfide) groups is 1. The van der Waals surface area contributed by atoms with Crippen molar-refractivity contribution in [1.82, 2.24) is 26.2 Å². The van der Waals surface area contributed by atoms with Crippen LogP contribution < -0.4 is 26.6 Å². The molecule has 0 saturated carbocycles. The zero-order valence-corrected chi connectivity index (χ0v) is 37.1. The first-order valence-corrected chi connectivity index (χ1v) is 22.9. The number of allylic oxidation sites excluding steroid dienone is 1. The minimum absolute atomic E-state index is 0.0206. The summed E-state index contributed by atoms with van der Waals surface area (Å²) in [4.78, 5) is 95.9. The predicted molar refractivity (Wildman–Crippen MR) is 250 cm³/mol. The molecule has 1 saturated heterocycles. The molecule has 1 unspecified atom stereocenters. The standard InChI is InChI=1S/C50H56N6O8S/c1-33(49(62)56-28-12-11-21-43(56)50(63)64)51-46(59)40(30-34-14-5-2-6-15-34)54-47(60)41(31-35-22-24-37(25-23-35)36-16-7-3-8-17-36)55-48(61)42(32-39-20-13-29-65-39)53-45(58)27-26-44(57)52-38-18-9-4-10-19-38/h2-10,13-19,22-25,29,33,39-43H,11-12,20-21,26-28,30-32H2,1H3,(H,51,59)(H,52,57)(H,53,58)(H,54,60)(H,55,61)(H,63,64)/t33-,39?,40+,41-,42+,43+/m0/s1. The van der Waals surface area contributed by atoms with Gasteiger partial charge in [-0.3, -0.25) is 28.8 Å². The minimum Gasteiger partial charge on any atom is -0.480 e. The van der Waals surface area contributed by atoms with Gasteiger partial charge in [0.05, 0.1) is 0 Å². The Kier molecular flexibility index (Phi) is 17.5. The highest BCUT2D eigenvalue weighted by Crippen LogP contribution is 2.28.